The van der Waals surface area contributed by atoms with Crippen molar-refractivity contribution in [2.24, 2.45) is 5.41 Å². The molecule has 19 heavy (non-hydrogen) atoms. The second kappa shape index (κ2) is 5.47. The van der Waals surface area contributed by atoms with Gasteiger partial charge < -0.3 is 15.0 Å². The lowest BCUT2D eigenvalue weighted by molar-refractivity contribution is -0.137. The van der Waals surface area contributed by atoms with Gasteiger partial charge in [-0.15, -0.1) is 0 Å². The highest BCUT2D eigenvalue weighted by molar-refractivity contribution is 5.93. The molecular weight excluding hydrogens is 244 g/mol. The highest BCUT2D eigenvalue weighted by Gasteiger charge is 2.35. The quantitative estimate of drug-likeness (QED) is 0.824. The van der Waals surface area contributed by atoms with Crippen LogP contribution in [0.4, 0.5) is 0 Å². The number of aliphatic carboxylic acids is 1. The summed E-state index contributed by atoms with van der Waals surface area (Å²) in [6.07, 6.45) is 6.25. The Morgan fingerprint density at radius 2 is 2.21 bits per heavy atom. The van der Waals surface area contributed by atoms with Crippen LogP contribution in [0.5, 0.6) is 0 Å². The SMILES string of the molecule is CCC1(CNC(=O)c2cccn2CC(=O)O)CCC1. The minimum atomic E-state index is -0.950. The van der Waals surface area contributed by atoms with Gasteiger partial charge in [-0.2, -0.15) is 0 Å². The summed E-state index contributed by atoms with van der Waals surface area (Å²) in [4.78, 5) is 22.8. The Morgan fingerprint density at radius 3 is 2.74 bits per heavy atom. The molecule has 1 fully saturated rings. The van der Waals surface area contributed by atoms with Crippen LogP contribution >= 0.6 is 0 Å². The topological polar surface area (TPSA) is 71.3 Å². The van der Waals surface area contributed by atoms with Gasteiger partial charge in [0.15, 0.2) is 0 Å². The number of nitrogens with zero attached hydrogens (tertiary/aromatic N) is 1. The Balaban J connectivity index is 1.96. The molecule has 1 saturated carbocycles. The maximum absolute atomic E-state index is 12.1. The molecule has 2 rings (SSSR count). The maximum atomic E-state index is 12.1. The first kappa shape index (κ1) is 13.6. The number of hydrogen-bond acceptors (Lipinski definition) is 2. The summed E-state index contributed by atoms with van der Waals surface area (Å²) in [5.41, 5.74) is 0.674. The molecule has 1 heterocycles. The standard InChI is InChI=1S/C14H20N2O3/c1-2-14(6-4-7-14)10-15-13(19)11-5-3-8-16(11)9-12(17)18/h3,5,8H,2,4,6-7,9-10H2,1H3,(H,15,19)(H,17,18). The third-order valence-electron chi connectivity index (χ3n) is 4.16. The van der Waals surface area contributed by atoms with Gasteiger partial charge in [0.1, 0.15) is 12.2 Å². The summed E-state index contributed by atoms with van der Waals surface area (Å²) in [6, 6.07) is 3.34. The highest BCUT2D eigenvalue weighted by atomic mass is 16.4. The Bertz CT molecular complexity index is 469. The average Bonchev–Trinajstić information content (AvgIpc) is 2.75. The van der Waals surface area contributed by atoms with E-state index in [0.717, 1.165) is 6.42 Å². The van der Waals surface area contributed by atoms with E-state index in [2.05, 4.69) is 12.2 Å². The molecule has 0 unspecified atom stereocenters. The third-order valence-corrected chi connectivity index (χ3v) is 4.16. The molecule has 1 aliphatic rings. The lowest BCUT2D eigenvalue weighted by Crippen LogP contribution is -2.42. The first-order valence-corrected chi connectivity index (χ1v) is 6.71. The molecule has 2 N–H and O–H groups in total. The van der Waals surface area contributed by atoms with Crippen LogP contribution in [0.25, 0.3) is 0 Å². The van der Waals surface area contributed by atoms with Gasteiger partial charge in [-0.3, -0.25) is 9.59 Å². The smallest absolute Gasteiger partial charge is 0.323 e. The molecule has 0 spiro atoms. The zero-order valence-corrected chi connectivity index (χ0v) is 11.2. The van der Waals surface area contributed by atoms with Crippen LogP contribution in [0.3, 0.4) is 0 Å². The maximum Gasteiger partial charge on any atom is 0.323 e. The van der Waals surface area contributed by atoms with E-state index in [1.54, 1.807) is 18.3 Å². The van der Waals surface area contributed by atoms with Crippen molar-refractivity contribution in [3.05, 3.63) is 24.0 Å². The molecule has 104 valence electrons. The molecule has 0 radical (unpaired) electrons. The van der Waals surface area contributed by atoms with Crippen LogP contribution in [0.15, 0.2) is 18.3 Å². The van der Waals surface area contributed by atoms with E-state index >= 15 is 0 Å². The summed E-state index contributed by atoms with van der Waals surface area (Å²) in [5.74, 6) is -1.14. The summed E-state index contributed by atoms with van der Waals surface area (Å²) in [7, 11) is 0. The van der Waals surface area contributed by atoms with Crippen molar-refractivity contribution in [3.63, 3.8) is 0 Å². The summed E-state index contributed by atoms with van der Waals surface area (Å²) in [5, 5.41) is 11.7. The molecule has 1 amide bonds. The molecule has 1 aromatic heterocycles. The van der Waals surface area contributed by atoms with Gasteiger partial charge in [-0.25, -0.2) is 0 Å². The van der Waals surface area contributed by atoms with Crippen molar-refractivity contribution in [2.75, 3.05) is 6.54 Å². The molecule has 5 heteroatoms. The first-order valence-electron chi connectivity index (χ1n) is 6.71. The number of carbonyl (C=O) groups is 2. The molecule has 0 aromatic carbocycles. The van der Waals surface area contributed by atoms with Crippen LogP contribution in [0, 0.1) is 5.41 Å². The van der Waals surface area contributed by atoms with Crippen molar-refractivity contribution < 1.29 is 14.7 Å². The molecule has 0 saturated heterocycles. The van der Waals surface area contributed by atoms with Crippen molar-refractivity contribution in [3.8, 4) is 0 Å². The Morgan fingerprint density at radius 1 is 1.47 bits per heavy atom. The van der Waals surface area contributed by atoms with Crippen LogP contribution in [0.2, 0.25) is 0 Å². The molecule has 0 atom stereocenters. The molecule has 5 nitrogen and oxygen atoms in total. The fraction of sp³-hybridized carbons (Fsp3) is 0.571. The number of carboxylic acid groups (broad SMARTS) is 1. The summed E-state index contributed by atoms with van der Waals surface area (Å²) in [6.45, 7) is 2.65. The van der Waals surface area contributed by atoms with Crippen molar-refractivity contribution in [2.45, 2.75) is 39.2 Å². The zero-order chi connectivity index (χ0) is 13.9. The van der Waals surface area contributed by atoms with Gasteiger partial charge >= 0.3 is 5.97 Å². The number of nitrogens with one attached hydrogen (secondary N) is 1. The van der Waals surface area contributed by atoms with E-state index in [-0.39, 0.29) is 17.9 Å². The molecule has 1 aliphatic carbocycles. The van der Waals surface area contributed by atoms with Crippen molar-refractivity contribution in [1.82, 2.24) is 9.88 Å². The fourth-order valence-corrected chi connectivity index (χ4v) is 2.59. The Kier molecular flexibility index (Phi) is 3.93. The number of aromatic nitrogens is 1. The van der Waals surface area contributed by atoms with Crippen LogP contribution in [-0.2, 0) is 11.3 Å². The largest absolute Gasteiger partial charge is 0.480 e. The number of amides is 1. The molecular formula is C14H20N2O3. The van der Waals surface area contributed by atoms with Gasteiger partial charge in [-0.05, 0) is 36.8 Å². The van der Waals surface area contributed by atoms with E-state index in [1.807, 2.05) is 0 Å². The summed E-state index contributed by atoms with van der Waals surface area (Å²) >= 11 is 0. The van der Waals surface area contributed by atoms with Gasteiger partial charge in [0.2, 0.25) is 0 Å². The minimum Gasteiger partial charge on any atom is -0.480 e. The van der Waals surface area contributed by atoms with E-state index in [1.165, 1.54) is 23.8 Å². The van der Waals surface area contributed by atoms with Gasteiger partial charge in [0.05, 0.1) is 0 Å². The molecule has 1 aromatic rings. The average molecular weight is 264 g/mol. The van der Waals surface area contributed by atoms with E-state index < -0.39 is 5.97 Å². The van der Waals surface area contributed by atoms with E-state index in [0.29, 0.717) is 12.2 Å². The zero-order valence-electron chi connectivity index (χ0n) is 11.2. The van der Waals surface area contributed by atoms with E-state index in [4.69, 9.17) is 5.11 Å². The van der Waals surface area contributed by atoms with Crippen LogP contribution in [-0.4, -0.2) is 28.1 Å². The minimum absolute atomic E-state index is 0.186. The van der Waals surface area contributed by atoms with Crippen molar-refractivity contribution in [1.29, 1.82) is 0 Å². The molecule has 0 aliphatic heterocycles. The number of carbonyl (C=O) groups excluding carboxylic acids is 1. The van der Waals surface area contributed by atoms with Crippen LogP contribution < -0.4 is 5.32 Å². The number of carboxylic acids is 1. The third kappa shape index (κ3) is 2.97. The fourth-order valence-electron chi connectivity index (χ4n) is 2.59. The Labute approximate surface area is 112 Å². The van der Waals surface area contributed by atoms with Gasteiger partial charge in [-0.1, -0.05) is 13.3 Å². The predicted molar refractivity (Wildman–Crippen MR) is 71.0 cm³/mol. The van der Waals surface area contributed by atoms with E-state index in [9.17, 15) is 9.59 Å². The normalized spacial score (nSPS) is 16.7. The summed E-state index contributed by atoms with van der Waals surface area (Å²) < 4.78 is 1.46. The second-order valence-electron chi connectivity index (χ2n) is 5.30. The monoisotopic (exact) mass is 264 g/mol. The number of rotatable bonds is 6. The Hall–Kier alpha value is -1.78. The second-order valence-corrected chi connectivity index (χ2v) is 5.30. The van der Waals surface area contributed by atoms with Gasteiger partial charge in [0.25, 0.3) is 5.91 Å². The number of hydrogen-bond donors (Lipinski definition) is 2. The van der Waals surface area contributed by atoms with Gasteiger partial charge in [0, 0.05) is 12.7 Å². The van der Waals surface area contributed by atoms with Crippen LogP contribution in [0.1, 0.15) is 43.1 Å². The molecule has 0 bridgehead atoms. The van der Waals surface area contributed by atoms with Crippen molar-refractivity contribution >= 4 is 11.9 Å². The lowest BCUT2D eigenvalue weighted by atomic mass is 9.67. The first-order chi connectivity index (χ1) is 9.06. The predicted octanol–water partition coefficient (Wildman–Crippen LogP) is 1.88. The highest BCUT2D eigenvalue weighted by Crippen LogP contribution is 2.43. The lowest BCUT2D eigenvalue weighted by Gasteiger charge is -2.41.